The van der Waals surface area contributed by atoms with Gasteiger partial charge in [-0.25, -0.2) is 0 Å². The predicted octanol–water partition coefficient (Wildman–Crippen LogP) is 3.90. The molecule has 1 aromatic rings. The van der Waals surface area contributed by atoms with E-state index in [1.807, 2.05) is 26.2 Å². The quantitative estimate of drug-likeness (QED) is 0.824. The lowest BCUT2D eigenvalue weighted by atomic mass is 9.86. The molecule has 1 aromatic carbocycles. The molecule has 1 aliphatic rings. The van der Waals surface area contributed by atoms with Gasteiger partial charge in [0.25, 0.3) is 0 Å². The van der Waals surface area contributed by atoms with Crippen LogP contribution in [0.15, 0.2) is 41.6 Å². The van der Waals surface area contributed by atoms with E-state index in [2.05, 4.69) is 50.3 Å². The highest BCUT2D eigenvalue weighted by Gasteiger charge is 2.47. The van der Waals surface area contributed by atoms with Crippen LogP contribution in [0.1, 0.15) is 23.1 Å². The standard InChI is InChI=1S/C18H28O2Si2/c1-14-8-7-9-17(15(14)2)18(22(5,6)20)12-10-16(11-13-18)21(3,4)19/h7-12,19-20H,13H2,1-6H3. The van der Waals surface area contributed by atoms with Crippen molar-refractivity contribution in [2.24, 2.45) is 0 Å². The topological polar surface area (TPSA) is 40.5 Å². The second kappa shape index (κ2) is 5.60. The van der Waals surface area contributed by atoms with Crippen LogP contribution in [0.5, 0.6) is 0 Å². The van der Waals surface area contributed by atoms with Crippen LogP contribution in [0.3, 0.4) is 0 Å². The lowest BCUT2D eigenvalue weighted by Gasteiger charge is -2.43. The largest absolute Gasteiger partial charge is 0.431 e. The summed E-state index contributed by atoms with van der Waals surface area (Å²) >= 11 is 0. The van der Waals surface area contributed by atoms with Crippen molar-refractivity contribution >= 4 is 16.6 Å². The molecular weight excluding hydrogens is 304 g/mol. The van der Waals surface area contributed by atoms with Gasteiger partial charge in [0, 0.05) is 5.04 Å². The molecule has 0 heterocycles. The van der Waals surface area contributed by atoms with Gasteiger partial charge in [-0.15, -0.1) is 0 Å². The number of aryl methyl sites for hydroxylation is 1. The normalized spacial score (nSPS) is 22.6. The third kappa shape index (κ3) is 2.93. The molecule has 1 unspecified atom stereocenters. The zero-order chi connectivity index (χ0) is 16.8. The maximum Gasteiger partial charge on any atom is 0.213 e. The van der Waals surface area contributed by atoms with Gasteiger partial charge in [-0.3, -0.25) is 0 Å². The van der Waals surface area contributed by atoms with Gasteiger partial charge in [0.15, 0.2) is 8.32 Å². The minimum Gasteiger partial charge on any atom is -0.431 e. The molecule has 0 saturated carbocycles. The molecule has 1 aliphatic carbocycles. The van der Waals surface area contributed by atoms with E-state index >= 15 is 0 Å². The first-order valence-corrected chi connectivity index (χ1v) is 13.8. The zero-order valence-corrected chi connectivity index (χ0v) is 16.6. The lowest BCUT2D eigenvalue weighted by Crippen LogP contribution is -2.52. The van der Waals surface area contributed by atoms with Gasteiger partial charge in [0.1, 0.15) is 0 Å². The van der Waals surface area contributed by atoms with Crippen LogP contribution < -0.4 is 0 Å². The average molecular weight is 333 g/mol. The van der Waals surface area contributed by atoms with Crippen molar-refractivity contribution in [3.63, 3.8) is 0 Å². The number of hydrogen-bond acceptors (Lipinski definition) is 2. The molecule has 0 radical (unpaired) electrons. The molecule has 0 saturated heterocycles. The van der Waals surface area contributed by atoms with E-state index in [0.29, 0.717) is 0 Å². The summed E-state index contributed by atoms with van der Waals surface area (Å²) in [6.07, 6.45) is 7.15. The summed E-state index contributed by atoms with van der Waals surface area (Å²) in [5.41, 5.74) is 3.75. The van der Waals surface area contributed by atoms with E-state index in [-0.39, 0.29) is 5.04 Å². The Hall–Kier alpha value is -0.946. The molecule has 2 nitrogen and oxygen atoms in total. The number of allylic oxidation sites excluding steroid dienone is 4. The molecular formula is C18H28O2Si2. The van der Waals surface area contributed by atoms with Crippen LogP contribution in [-0.2, 0) is 5.04 Å². The Labute approximate surface area is 136 Å². The van der Waals surface area contributed by atoms with Crippen molar-refractivity contribution in [2.45, 2.75) is 51.5 Å². The molecule has 0 spiro atoms. The summed E-state index contributed by atoms with van der Waals surface area (Å²) in [4.78, 5) is 21.4. The minimum atomic E-state index is -2.49. The highest BCUT2D eigenvalue weighted by Crippen LogP contribution is 2.43. The van der Waals surface area contributed by atoms with E-state index in [0.717, 1.165) is 11.6 Å². The van der Waals surface area contributed by atoms with Crippen LogP contribution in [-0.4, -0.2) is 26.2 Å². The first-order valence-electron chi connectivity index (χ1n) is 7.90. The summed E-state index contributed by atoms with van der Waals surface area (Å²) in [5.74, 6) is 0. The van der Waals surface area contributed by atoms with E-state index in [1.54, 1.807) is 0 Å². The SMILES string of the molecule is Cc1cccc(C2([Si](C)(C)O)C=CC([Si](C)(C)O)=CC2)c1C. The van der Waals surface area contributed by atoms with E-state index in [1.165, 1.54) is 16.7 Å². The second-order valence-corrected chi connectivity index (χ2v) is 15.2. The molecule has 0 bridgehead atoms. The predicted molar refractivity (Wildman–Crippen MR) is 98.8 cm³/mol. The van der Waals surface area contributed by atoms with Crippen LogP contribution in [0.25, 0.3) is 0 Å². The second-order valence-electron chi connectivity index (χ2n) is 7.53. The Kier molecular flexibility index (Phi) is 4.43. The molecule has 4 heteroatoms. The molecule has 0 amide bonds. The zero-order valence-electron chi connectivity index (χ0n) is 14.6. The third-order valence-electron chi connectivity index (χ3n) is 5.07. The maximum absolute atomic E-state index is 11.1. The maximum atomic E-state index is 11.1. The molecule has 0 fully saturated rings. The van der Waals surface area contributed by atoms with Gasteiger partial charge in [-0.1, -0.05) is 36.4 Å². The first kappa shape index (κ1) is 17.4. The molecule has 2 N–H and O–H groups in total. The van der Waals surface area contributed by atoms with Crippen LogP contribution in [0.4, 0.5) is 0 Å². The van der Waals surface area contributed by atoms with Crippen molar-refractivity contribution in [3.8, 4) is 0 Å². The monoisotopic (exact) mass is 332 g/mol. The van der Waals surface area contributed by atoms with E-state index < -0.39 is 16.6 Å². The van der Waals surface area contributed by atoms with Gasteiger partial charge in [0.2, 0.25) is 8.32 Å². The highest BCUT2D eigenvalue weighted by atomic mass is 28.4. The Morgan fingerprint density at radius 1 is 1.05 bits per heavy atom. The lowest BCUT2D eigenvalue weighted by molar-refractivity contribution is 0.487. The van der Waals surface area contributed by atoms with Gasteiger partial charge >= 0.3 is 0 Å². The van der Waals surface area contributed by atoms with E-state index in [9.17, 15) is 9.59 Å². The Morgan fingerprint density at radius 3 is 2.14 bits per heavy atom. The van der Waals surface area contributed by atoms with Gasteiger partial charge in [-0.2, -0.15) is 0 Å². The Bertz CT molecular complexity index is 633. The summed E-state index contributed by atoms with van der Waals surface area (Å²) in [7, 11) is -4.78. The van der Waals surface area contributed by atoms with Gasteiger partial charge in [0.05, 0.1) is 0 Å². The molecule has 2 rings (SSSR count). The fourth-order valence-corrected chi connectivity index (χ4v) is 6.43. The molecule has 22 heavy (non-hydrogen) atoms. The minimum absolute atomic E-state index is 0.313. The van der Waals surface area contributed by atoms with E-state index in [4.69, 9.17) is 0 Å². The Morgan fingerprint density at radius 2 is 1.68 bits per heavy atom. The van der Waals surface area contributed by atoms with Crippen LogP contribution in [0, 0.1) is 13.8 Å². The molecule has 0 aromatic heterocycles. The summed E-state index contributed by atoms with van der Waals surface area (Å²) in [6.45, 7) is 12.2. The van der Waals surface area contributed by atoms with Crippen LogP contribution in [0.2, 0.25) is 26.2 Å². The summed E-state index contributed by atoms with van der Waals surface area (Å²) < 4.78 is 0. The van der Waals surface area contributed by atoms with Gasteiger partial charge < -0.3 is 9.59 Å². The van der Waals surface area contributed by atoms with Crippen molar-refractivity contribution in [2.75, 3.05) is 0 Å². The number of hydrogen-bond donors (Lipinski definition) is 2. The fourth-order valence-electron chi connectivity index (χ4n) is 3.31. The fraction of sp³-hybridized carbons (Fsp3) is 0.444. The number of benzene rings is 1. The number of rotatable bonds is 3. The Balaban J connectivity index is 2.58. The van der Waals surface area contributed by atoms with Crippen molar-refractivity contribution in [1.29, 1.82) is 0 Å². The van der Waals surface area contributed by atoms with Crippen molar-refractivity contribution in [3.05, 3.63) is 58.3 Å². The van der Waals surface area contributed by atoms with Crippen molar-refractivity contribution in [1.82, 2.24) is 0 Å². The molecule has 0 aliphatic heterocycles. The smallest absolute Gasteiger partial charge is 0.213 e. The highest BCUT2D eigenvalue weighted by molar-refractivity contribution is 6.78. The average Bonchev–Trinajstić information content (AvgIpc) is 2.40. The van der Waals surface area contributed by atoms with Crippen LogP contribution >= 0.6 is 0 Å². The van der Waals surface area contributed by atoms with Crippen molar-refractivity contribution < 1.29 is 9.59 Å². The summed E-state index contributed by atoms with van der Waals surface area (Å²) in [6, 6.07) is 6.35. The molecule has 1 atom stereocenters. The summed E-state index contributed by atoms with van der Waals surface area (Å²) in [5, 5.41) is 0.749. The molecule has 120 valence electrons. The van der Waals surface area contributed by atoms with Gasteiger partial charge in [-0.05, 0) is 68.3 Å². The first-order chi connectivity index (χ1) is 9.99. The third-order valence-corrected chi connectivity index (χ3v) is 9.68.